The second kappa shape index (κ2) is 6.10. The largest absolute Gasteiger partial charge is 0.353 e. The van der Waals surface area contributed by atoms with Gasteiger partial charge in [-0.1, -0.05) is 18.2 Å². The molecule has 120 valence electrons. The van der Waals surface area contributed by atoms with Gasteiger partial charge in [-0.3, -0.25) is 9.78 Å². The molecule has 5 heteroatoms. The van der Waals surface area contributed by atoms with Crippen molar-refractivity contribution in [2.75, 3.05) is 5.32 Å². The molecule has 25 heavy (non-hydrogen) atoms. The lowest BCUT2D eigenvalue weighted by molar-refractivity contribution is -0.115. The highest BCUT2D eigenvalue weighted by molar-refractivity contribution is 6.08. The first kappa shape index (κ1) is 14.9. The summed E-state index contributed by atoms with van der Waals surface area (Å²) in [7, 11) is 0. The van der Waals surface area contributed by atoms with E-state index >= 15 is 0 Å². The fraction of sp³-hybridized carbons (Fsp3) is 0.0500. The molecule has 0 bridgehead atoms. The Hall–Kier alpha value is -3.65. The van der Waals surface area contributed by atoms with Crippen LogP contribution < -0.4 is 5.32 Å². The van der Waals surface area contributed by atoms with E-state index in [9.17, 15) is 4.79 Å². The van der Waals surface area contributed by atoms with Gasteiger partial charge >= 0.3 is 0 Å². The van der Waals surface area contributed by atoms with Crippen LogP contribution in [0.1, 0.15) is 11.1 Å². The lowest BCUT2D eigenvalue weighted by Gasteiger charge is -2.06. The van der Waals surface area contributed by atoms with E-state index in [4.69, 9.17) is 5.26 Å². The Morgan fingerprint density at radius 3 is 2.88 bits per heavy atom. The van der Waals surface area contributed by atoms with Crippen LogP contribution in [-0.4, -0.2) is 15.9 Å². The number of anilines is 1. The number of aromatic nitrogens is 2. The van der Waals surface area contributed by atoms with Gasteiger partial charge in [-0.15, -0.1) is 0 Å². The number of amides is 1. The normalized spacial score (nSPS) is 10.7. The first-order chi connectivity index (χ1) is 12.2. The average molecular weight is 326 g/mol. The molecule has 0 aliphatic rings. The van der Waals surface area contributed by atoms with Gasteiger partial charge in [-0.25, -0.2) is 0 Å². The number of aromatic amines is 1. The Labute approximate surface area is 143 Å². The van der Waals surface area contributed by atoms with E-state index in [1.165, 1.54) is 0 Å². The molecule has 2 aromatic carbocycles. The Kier molecular flexibility index (Phi) is 3.64. The quantitative estimate of drug-likeness (QED) is 0.601. The van der Waals surface area contributed by atoms with E-state index < -0.39 is 0 Å². The maximum Gasteiger partial charge on any atom is 0.228 e. The van der Waals surface area contributed by atoms with Crippen molar-refractivity contribution >= 4 is 33.4 Å². The Balaban J connectivity index is 1.56. The minimum atomic E-state index is -0.118. The first-order valence-corrected chi connectivity index (χ1v) is 7.87. The topological polar surface area (TPSA) is 81.6 Å². The molecule has 0 atom stereocenters. The van der Waals surface area contributed by atoms with Crippen molar-refractivity contribution in [1.29, 1.82) is 5.26 Å². The highest BCUT2D eigenvalue weighted by Crippen LogP contribution is 2.26. The second-order valence-electron chi connectivity index (χ2n) is 5.84. The van der Waals surface area contributed by atoms with Gasteiger partial charge in [0, 0.05) is 28.2 Å². The summed E-state index contributed by atoms with van der Waals surface area (Å²) in [5, 5.41) is 14.0. The summed E-state index contributed by atoms with van der Waals surface area (Å²) in [5.41, 5.74) is 4.02. The SMILES string of the molecule is N#Cc1cccc(CC(=O)Nc2ccc3c(c2)[nH]c2cnccc23)c1. The molecule has 0 saturated carbocycles. The number of pyridine rings is 1. The van der Waals surface area contributed by atoms with E-state index in [1.807, 2.05) is 30.3 Å². The van der Waals surface area contributed by atoms with E-state index in [1.54, 1.807) is 30.6 Å². The standard InChI is InChI=1S/C20H14N4O/c21-11-14-3-1-2-13(8-14)9-20(25)23-15-4-5-16-17-6-7-22-12-19(17)24-18(16)10-15/h1-8,10,12,24H,9H2,(H,23,25). The zero-order chi connectivity index (χ0) is 17.2. The van der Waals surface area contributed by atoms with Crippen LogP contribution >= 0.6 is 0 Å². The van der Waals surface area contributed by atoms with Crippen molar-refractivity contribution in [2.24, 2.45) is 0 Å². The molecule has 2 heterocycles. The number of carbonyl (C=O) groups is 1. The van der Waals surface area contributed by atoms with Crippen molar-refractivity contribution in [3.8, 4) is 6.07 Å². The summed E-state index contributed by atoms with van der Waals surface area (Å²) in [5.74, 6) is -0.118. The summed E-state index contributed by atoms with van der Waals surface area (Å²) in [6, 6.07) is 16.9. The molecule has 0 radical (unpaired) electrons. The summed E-state index contributed by atoms with van der Waals surface area (Å²) >= 11 is 0. The zero-order valence-corrected chi connectivity index (χ0v) is 13.3. The lowest BCUT2D eigenvalue weighted by atomic mass is 10.1. The number of hydrogen-bond acceptors (Lipinski definition) is 3. The van der Waals surface area contributed by atoms with E-state index in [2.05, 4.69) is 21.4 Å². The Morgan fingerprint density at radius 2 is 2.00 bits per heavy atom. The van der Waals surface area contributed by atoms with Crippen molar-refractivity contribution in [3.63, 3.8) is 0 Å². The summed E-state index contributed by atoms with van der Waals surface area (Å²) < 4.78 is 0. The number of nitrogens with one attached hydrogen (secondary N) is 2. The minimum absolute atomic E-state index is 0.118. The minimum Gasteiger partial charge on any atom is -0.353 e. The summed E-state index contributed by atoms with van der Waals surface area (Å²) in [6.07, 6.45) is 3.78. The molecule has 0 aliphatic heterocycles. The zero-order valence-electron chi connectivity index (χ0n) is 13.3. The molecule has 0 aliphatic carbocycles. The van der Waals surface area contributed by atoms with E-state index in [-0.39, 0.29) is 12.3 Å². The third kappa shape index (κ3) is 2.93. The lowest BCUT2D eigenvalue weighted by Crippen LogP contribution is -2.14. The number of fused-ring (bicyclic) bond motifs is 3. The van der Waals surface area contributed by atoms with Gasteiger partial charge in [0.2, 0.25) is 5.91 Å². The first-order valence-electron chi connectivity index (χ1n) is 7.87. The number of rotatable bonds is 3. The van der Waals surface area contributed by atoms with Crippen molar-refractivity contribution < 1.29 is 4.79 Å². The third-order valence-corrected chi connectivity index (χ3v) is 4.10. The molecular formula is C20H14N4O. The summed E-state index contributed by atoms with van der Waals surface area (Å²) in [4.78, 5) is 19.7. The Morgan fingerprint density at radius 1 is 1.12 bits per heavy atom. The average Bonchev–Trinajstić information content (AvgIpc) is 2.99. The number of carbonyl (C=O) groups excluding carboxylic acids is 1. The maximum atomic E-state index is 12.3. The molecule has 0 fully saturated rings. The van der Waals surface area contributed by atoms with E-state index in [0.29, 0.717) is 5.56 Å². The van der Waals surface area contributed by atoms with Crippen LogP contribution in [0.5, 0.6) is 0 Å². The molecule has 4 rings (SSSR count). The number of H-pyrrole nitrogens is 1. The monoisotopic (exact) mass is 326 g/mol. The predicted octanol–water partition coefficient (Wildman–Crippen LogP) is 3.77. The maximum absolute atomic E-state index is 12.3. The molecule has 5 nitrogen and oxygen atoms in total. The predicted molar refractivity (Wildman–Crippen MR) is 97.1 cm³/mol. The molecule has 1 amide bonds. The van der Waals surface area contributed by atoms with Crippen LogP contribution in [-0.2, 0) is 11.2 Å². The van der Waals surface area contributed by atoms with Crippen LogP contribution in [0.3, 0.4) is 0 Å². The van der Waals surface area contributed by atoms with Crippen LogP contribution in [0.4, 0.5) is 5.69 Å². The molecule has 0 unspecified atom stereocenters. The highest BCUT2D eigenvalue weighted by atomic mass is 16.1. The van der Waals surface area contributed by atoms with Crippen LogP contribution in [0.15, 0.2) is 60.9 Å². The van der Waals surface area contributed by atoms with Crippen molar-refractivity contribution in [3.05, 3.63) is 72.1 Å². The van der Waals surface area contributed by atoms with Gasteiger partial charge < -0.3 is 10.3 Å². The molecular weight excluding hydrogens is 312 g/mol. The van der Waals surface area contributed by atoms with Gasteiger partial charge in [-0.2, -0.15) is 5.26 Å². The van der Waals surface area contributed by atoms with Gasteiger partial charge in [-0.05, 0) is 35.9 Å². The fourth-order valence-electron chi connectivity index (χ4n) is 2.98. The number of nitriles is 1. The van der Waals surface area contributed by atoms with Crippen LogP contribution in [0.2, 0.25) is 0 Å². The van der Waals surface area contributed by atoms with Crippen LogP contribution in [0, 0.1) is 11.3 Å². The number of benzene rings is 2. The Bertz CT molecular complexity index is 1140. The fourth-order valence-corrected chi connectivity index (χ4v) is 2.98. The highest BCUT2D eigenvalue weighted by Gasteiger charge is 2.08. The van der Waals surface area contributed by atoms with Gasteiger partial charge in [0.1, 0.15) is 0 Å². The van der Waals surface area contributed by atoms with Gasteiger partial charge in [0.15, 0.2) is 0 Å². The molecule has 0 spiro atoms. The number of nitrogens with zero attached hydrogens (tertiary/aromatic N) is 2. The molecule has 2 N–H and O–H groups in total. The third-order valence-electron chi connectivity index (χ3n) is 4.10. The smallest absolute Gasteiger partial charge is 0.228 e. The van der Waals surface area contributed by atoms with E-state index in [0.717, 1.165) is 33.1 Å². The van der Waals surface area contributed by atoms with Crippen LogP contribution in [0.25, 0.3) is 21.8 Å². The van der Waals surface area contributed by atoms with Gasteiger partial charge in [0.25, 0.3) is 0 Å². The molecule has 0 saturated heterocycles. The summed E-state index contributed by atoms with van der Waals surface area (Å²) in [6.45, 7) is 0. The van der Waals surface area contributed by atoms with Crippen molar-refractivity contribution in [2.45, 2.75) is 6.42 Å². The molecule has 2 aromatic heterocycles. The van der Waals surface area contributed by atoms with Gasteiger partial charge in [0.05, 0.1) is 29.8 Å². The number of hydrogen-bond donors (Lipinski definition) is 2. The van der Waals surface area contributed by atoms with Crippen molar-refractivity contribution in [1.82, 2.24) is 9.97 Å². The molecule has 4 aromatic rings. The second-order valence-corrected chi connectivity index (χ2v) is 5.84.